The van der Waals surface area contributed by atoms with Crippen LogP contribution in [0.25, 0.3) is 0 Å². The predicted molar refractivity (Wildman–Crippen MR) is 179 cm³/mol. The Balaban J connectivity index is 3.46. The van der Waals surface area contributed by atoms with Gasteiger partial charge in [0.1, 0.15) is 0 Å². The average molecular weight is 582 g/mol. The van der Waals surface area contributed by atoms with E-state index in [-0.39, 0.29) is 12.5 Å². The first-order valence-corrected chi connectivity index (χ1v) is 18.7. The van der Waals surface area contributed by atoms with Crippen LogP contribution in [0.1, 0.15) is 213 Å². The molecule has 2 unspecified atom stereocenters. The molecule has 0 aliphatic heterocycles. The van der Waals surface area contributed by atoms with E-state index in [2.05, 4.69) is 19.2 Å². The maximum atomic E-state index is 12.2. The van der Waals surface area contributed by atoms with Gasteiger partial charge in [-0.1, -0.05) is 194 Å². The van der Waals surface area contributed by atoms with Gasteiger partial charge in [0.25, 0.3) is 0 Å². The van der Waals surface area contributed by atoms with Gasteiger partial charge in [-0.05, 0) is 12.8 Å². The Bertz CT molecular complexity index is 512. The van der Waals surface area contributed by atoms with E-state index in [4.69, 9.17) is 0 Å². The minimum absolute atomic E-state index is 0.0328. The summed E-state index contributed by atoms with van der Waals surface area (Å²) in [5, 5.41) is 23.0. The molecule has 0 aromatic heterocycles. The molecular weight excluding hydrogens is 506 g/mol. The fraction of sp³-hybridized carbons (Fsp3) is 0.973. The van der Waals surface area contributed by atoms with E-state index in [1.54, 1.807) is 0 Å². The Kier molecular flexibility index (Phi) is 33.4. The standard InChI is InChI=1S/C37H75NO3/c1-3-5-7-9-11-13-14-15-16-17-18-19-20-21-22-23-25-26-28-30-32-36(40)35(34-39)38-37(41)33-31-29-27-24-12-10-8-6-4-2/h35-36,39-40H,3-34H2,1-2H3,(H,38,41). The first kappa shape index (κ1) is 40.4. The van der Waals surface area contributed by atoms with Crippen molar-refractivity contribution in [1.29, 1.82) is 0 Å². The van der Waals surface area contributed by atoms with Crippen LogP contribution in [0.5, 0.6) is 0 Å². The van der Waals surface area contributed by atoms with Crippen LogP contribution in [-0.2, 0) is 4.79 Å². The molecule has 0 heterocycles. The van der Waals surface area contributed by atoms with Gasteiger partial charge in [0.05, 0.1) is 18.8 Å². The first-order chi connectivity index (χ1) is 20.2. The third-order valence-electron chi connectivity index (χ3n) is 8.87. The molecule has 0 rings (SSSR count). The highest BCUT2D eigenvalue weighted by molar-refractivity contribution is 5.76. The molecule has 2 atom stereocenters. The lowest BCUT2D eigenvalue weighted by Gasteiger charge is -2.22. The highest BCUT2D eigenvalue weighted by atomic mass is 16.3. The molecule has 4 nitrogen and oxygen atoms in total. The Hall–Kier alpha value is -0.610. The second kappa shape index (κ2) is 33.9. The molecule has 0 aliphatic carbocycles. The molecule has 0 fully saturated rings. The maximum Gasteiger partial charge on any atom is 0.220 e. The summed E-state index contributed by atoms with van der Waals surface area (Å²) >= 11 is 0. The van der Waals surface area contributed by atoms with Crippen molar-refractivity contribution in [2.75, 3.05) is 6.61 Å². The van der Waals surface area contributed by atoms with Crippen molar-refractivity contribution in [3.05, 3.63) is 0 Å². The summed E-state index contributed by atoms with van der Waals surface area (Å²) in [6.07, 6.45) is 38.8. The van der Waals surface area contributed by atoms with Crippen molar-refractivity contribution >= 4 is 5.91 Å². The summed E-state index contributed by atoms with van der Waals surface area (Å²) in [7, 11) is 0. The molecule has 246 valence electrons. The molecule has 0 saturated carbocycles. The molecule has 0 saturated heterocycles. The summed E-state index contributed by atoms with van der Waals surface area (Å²) in [5.74, 6) is -0.0328. The van der Waals surface area contributed by atoms with E-state index >= 15 is 0 Å². The lowest BCUT2D eigenvalue weighted by atomic mass is 10.0. The Morgan fingerprint density at radius 2 is 0.780 bits per heavy atom. The molecule has 41 heavy (non-hydrogen) atoms. The monoisotopic (exact) mass is 582 g/mol. The van der Waals surface area contributed by atoms with Crippen molar-refractivity contribution in [3.8, 4) is 0 Å². The zero-order valence-electron chi connectivity index (χ0n) is 28.1. The molecule has 0 bridgehead atoms. The number of aliphatic hydroxyl groups is 2. The lowest BCUT2D eigenvalue weighted by molar-refractivity contribution is -0.123. The second-order valence-electron chi connectivity index (χ2n) is 13.0. The van der Waals surface area contributed by atoms with E-state index in [0.29, 0.717) is 12.8 Å². The predicted octanol–water partition coefficient (Wildman–Crippen LogP) is 11.0. The molecule has 0 aromatic carbocycles. The number of aliphatic hydroxyl groups excluding tert-OH is 2. The van der Waals surface area contributed by atoms with Crippen LogP contribution in [-0.4, -0.2) is 34.9 Å². The highest BCUT2D eigenvalue weighted by Gasteiger charge is 2.19. The van der Waals surface area contributed by atoms with E-state index in [0.717, 1.165) is 25.7 Å². The fourth-order valence-corrected chi connectivity index (χ4v) is 5.95. The molecule has 0 spiro atoms. The zero-order valence-corrected chi connectivity index (χ0v) is 28.1. The smallest absolute Gasteiger partial charge is 0.220 e. The van der Waals surface area contributed by atoms with Crippen molar-refractivity contribution in [3.63, 3.8) is 0 Å². The van der Waals surface area contributed by atoms with E-state index in [9.17, 15) is 15.0 Å². The van der Waals surface area contributed by atoms with Crippen molar-refractivity contribution in [2.45, 2.75) is 225 Å². The first-order valence-electron chi connectivity index (χ1n) is 18.7. The third kappa shape index (κ3) is 30.6. The number of nitrogens with one attached hydrogen (secondary N) is 1. The summed E-state index contributed by atoms with van der Waals surface area (Å²) in [5.41, 5.74) is 0. The summed E-state index contributed by atoms with van der Waals surface area (Å²) < 4.78 is 0. The van der Waals surface area contributed by atoms with Gasteiger partial charge in [0, 0.05) is 6.42 Å². The van der Waals surface area contributed by atoms with Crippen molar-refractivity contribution in [2.24, 2.45) is 0 Å². The summed E-state index contributed by atoms with van der Waals surface area (Å²) in [6.45, 7) is 4.34. The van der Waals surface area contributed by atoms with Gasteiger partial charge in [0.2, 0.25) is 5.91 Å². The van der Waals surface area contributed by atoms with E-state index < -0.39 is 12.1 Å². The van der Waals surface area contributed by atoms with E-state index in [1.807, 2.05) is 0 Å². The maximum absolute atomic E-state index is 12.2. The fourth-order valence-electron chi connectivity index (χ4n) is 5.95. The van der Waals surface area contributed by atoms with Crippen LogP contribution in [0, 0.1) is 0 Å². The quantitative estimate of drug-likeness (QED) is 0.0662. The minimum atomic E-state index is -0.650. The van der Waals surface area contributed by atoms with Gasteiger partial charge in [0.15, 0.2) is 0 Å². The molecule has 0 radical (unpaired) electrons. The van der Waals surface area contributed by atoms with Crippen LogP contribution < -0.4 is 5.32 Å². The van der Waals surface area contributed by atoms with Gasteiger partial charge >= 0.3 is 0 Å². The largest absolute Gasteiger partial charge is 0.394 e. The molecule has 1 amide bonds. The van der Waals surface area contributed by atoms with Gasteiger partial charge in [-0.2, -0.15) is 0 Å². The number of amides is 1. The SMILES string of the molecule is CCCCCCCCCCCCCCCCCCCCCCC(O)C(CO)NC(=O)CCCCCCCCCCC. The number of hydrogen-bond acceptors (Lipinski definition) is 3. The third-order valence-corrected chi connectivity index (χ3v) is 8.87. The van der Waals surface area contributed by atoms with Crippen LogP contribution in [0.15, 0.2) is 0 Å². The number of carbonyl (C=O) groups is 1. The summed E-state index contributed by atoms with van der Waals surface area (Å²) in [6, 6.07) is -0.526. The highest BCUT2D eigenvalue weighted by Crippen LogP contribution is 2.16. The van der Waals surface area contributed by atoms with Crippen LogP contribution in [0.2, 0.25) is 0 Å². The molecular formula is C37H75NO3. The van der Waals surface area contributed by atoms with Crippen LogP contribution in [0.3, 0.4) is 0 Å². The number of hydrogen-bond donors (Lipinski definition) is 3. The van der Waals surface area contributed by atoms with Gasteiger partial charge < -0.3 is 15.5 Å². The Labute approximate surface area is 257 Å². The topological polar surface area (TPSA) is 69.6 Å². The Morgan fingerprint density at radius 1 is 0.488 bits per heavy atom. The van der Waals surface area contributed by atoms with Gasteiger partial charge in [-0.3, -0.25) is 4.79 Å². The van der Waals surface area contributed by atoms with Crippen molar-refractivity contribution in [1.82, 2.24) is 5.32 Å². The zero-order chi connectivity index (χ0) is 30.1. The van der Waals surface area contributed by atoms with Crippen LogP contribution >= 0.6 is 0 Å². The number of carbonyl (C=O) groups excluding carboxylic acids is 1. The van der Waals surface area contributed by atoms with Gasteiger partial charge in [-0.15, -0.1) is 0 Å². The molecule has 4 heteroatoms. The van der Waals surface area contributed by atoms with Gasteiger partial charge in [-0.25, -0.2) is 0 Å². The Morgan fingerprint density at radius 3 is 1.10 bits per heavy atom. The number of unbranched alkanes of at least 4 members (excludes halogenated alkanes) is 27. The van der Waals surface area contributed by atoms with E-state index in [1.165, 1.54) is 161 Å². The van der Waals surface area contributed by atoms with Crippen molar-refractivity contribution < 1.29 is 15.0 Å². The molecule has 3 N–H and O–H groups in total. The summed E-state index contributed by atoms with van der Waals surface area (Å²) in [4.78, 5) is 12.2. The number of rotatable bonds is 34. The van der Waals surface area contributed by atoms with Crippen LogP contribution in [0.4, 0.5) is 0 Å². The minimum Gasteiger partial charge on any atom is -0.394 e. The normalized spacial score (nSPS) is 13.0. The second-order valence-corrected chi connectivity index (χ2v) is 13.0. The molecule has 0 aliphatic rings. The molecule has 0 aromatic rings. The lowest BCUT2D eigenvalue weighted by Crippen LogP contribution is -2.45. The average Bonchev–Trinajstić information content (AvgIpc) is 2.97.